The second-order valence-electron chi connectivity index (χ2n) is 3.76. The summed E-state index contributed by atoms with van der Waals surface area (Å²) >= 11 is 8.72. The molecule has 0 spiro atoms. The van der Waals surface area contributed by atoms with Crippen molar-refractivity contribution < 1.29 is 28.5 Å². The van der Waals surface area contributed by atoms with E-state index in [-0.39, 0.29) is 20.0 Å². The van der Waals surface area contributed by atoms with Crippen LogP contribution in [0.5, 0.6) is 0 Å². The average molecular weight is 389 g/mol. The summed E-state index contributed by atoms with van der Waals surface area (Å²) in [6.45, 7) is -1.01. The molecule has 7 nitrogen and oxygen atoms in total. The Morgan fingerprint density at radius 1 is 1.45 bits per heavy atom. The highest BCUT2D eigenvalue weighted by Gasteiger charge is 2.21. The number of halogens is 2. The van der Waals surface area contributed by atoms with Crippen molar-refractivity contribution in [1.82, 2.24) is 4.72 Å². The van der Waals surface area contributed by atoms with Gasteiger partial charge < -0.3 is 15.3 Å². The van der Waals surface area contributed by atoms with Crippen molar-refractivity contribution in [3.8, 4) is 0 Å². The van der Waals surface area contributed by atoms with Gasteiger partial charge in [0, 0.05) is 11.0 Å². The predicted molar refractivity (Wildman–Crippen MR) is 74.4 cm³/mol. The van der Waals surface area contributed by atoms with Crippen molar-refractivity contribution in [2.75, 3.05) is 13.2 Å². The fourth-order valence-corrected chi connectivity index (χ4v) is 3.15. The monoisotopic (exact) mass is 387 g/mol. The lowest BCUT2D eigenvalue weighted by atomic mass is 10.2. The van der Waals surface area contributed by atoms with E-state index >= 15 is 0 Å². The number of rotatable bonds is 6. The van der Waals surface area contributed by atoms with E-state index in [9.17, 15) is 13.2 Å². The van der Waals surface area contributed by atoms with Crippen molar-refractivity contribution in [3.63, 3.8) is 0 Å². The summed E-state index contributed by atoms with van der Waals surface area (Å²) in [5.74, 6) is -1.37. The van der Waals surface area contributed by atoms with Crippen molar-refractivity contribution in [3.05, 3.63) is 27.2 Å². The van der Waals surface area contributed by atoms with Crippen molar-refractivity contribution in [2.24, 2.45) is 0 Å². The molecule has 112 valence electrons. The van der Waals surface area contributed by atoms with E-state index in [1.54, 1.807) is 0 Å². The number of carboxylic acids is 1. The van der Waals surface area contributed by atoms with Crippen LogP contribution in [-0.2, 0) is 10.0 Å². The van der Waals surface area contributed by atoms with Crippen molar-refractivity contribution in [2.45, 2.75) is 11.0 Å². The summed E-state index contributed by atoms with van der Waals surface area (Å²) in [4.78, 5) is 10.6. The molecule has 4 N–H and O–H groups in total. The fourth-order valence-electron chi connectivity index (χ4n) is 1.23. The average Bonchev–Trinajstić information content (AvgIpc) is 2.38. The minimum Gasteiger partial charge on any atom is -0.478 e. The number of aliphatic hydroxyl groups excluding tert-OH is 2. The van der Waals surface area contributed by atoms with Crippen LogP contribution >= 0.6 is 27.5 Å². The van der Waals surface area contributed by atoms with Crippen molar-refractivity contribution in [1.29, 1.82) is 0 Å². The molecule has 10 heteroatoms. The molecule has 0 heterocycles. The summed E-state index contributed by atoms with van der Waals surface area (Å²) in [5, 5.41) is 26.5. The van der Waals surface area contributed by atoms with Crippen LogP contribution in [0.2, 0.25) is 5.02 Å². The molecule has 1 unspecified atom stereocenters. The van der Waals surface area contributed by atoms with E-state index in [1.807, 2.05) is 4.72 Å². The maximum atomic E-state index is 11.9. The van der Waals surface area contributed by atoms with E-state index in [0.29, 0.717) is 0 Å². The third-order valence-electron chi connectivity index (χ3n) is 2.26. The molecule has 0 aliphatic carbocycles. The molecule has 0 aliphatic rings. The molecule has 0 aliphatic heterocycles. The first-order valence-electron chi connectivity index (χ1n) is 5.20. The lowest BCUT2D eigenvalue weighted by molar-refractivity contribution is 0.0696. The molecule has 1 aromatic rings. The summed E-state index contributed by atoms with van der Waals surface area (Å²) in [7, 11) is -4.03. The highest BCUT2D eigenvalue weighted by Crippen LogP contribution is 2.29. The Balaban J connectivity index is 3.16. The van der Waals surface area contributed by atoms with E-state index in [2.05, 4.69) is 15.9 Å². The van der Waals surface area contributed by atoms with Gasteiger partial charge in [-0.2, -0.15) is 0 Å². The minimum atomic E-state index is -4.03. The molecular weight excluding hydrogens is 378 g/mol. The standard InChI is InChI=1S/C10H11BrClNO6S/c11-8-2-6(1-7(9(8)12)10(16)17)20(18,19)13-3-5(15)4-14/h1-2,5,13-15H,3-4H2,(H,16,17). The first-order chi connectivity index (χ1) is 9.19. The van der Waals surface area contributed by atoms with Gasteiger partial charge >= 0.3 is 5.97 Å². The van der Waals surface area contributed by atoms with E-state index in [0.717, 1.165) is 12.1 Å². The summed E-state index contributed by atoms with van der Waals surface area (Å²) in [6, 6.07) is 2.05. The maximum Gasteiger partial charge on any atom is 0.337 e. The second-order valence-corrected chi connectivity index (χ2v) is 6.76. The summed E-state index contributed by atoms with van der Waals surface area (Å²) in [5.41, 5.74) is -0.371. The Bertz CT molecular complexity index is 620. The number of aromatic carboxylic acids is 1. The number of nitrogens with one attached hydrogen (secondary N) is 1. The third-order valence-corrected chi connectivity index (χ3v) is 4.93. The van der Waals surface area contributed by atoms with Crippen LogP contribution in [0.3, 0.4) is 0 Å². The smallest absolute Gasteiger partial charge is 0.337 e. The number of hydrogen-bond donors (Lipinski definition) is 4. The normalized spacial score (nSPS) is 13.2. The zero-order valence-electron chi connectivity index (χ0n) is 9.88. The summed E-state index contributed by atoms with van der Waals surface area (Å²) in [6.07, 6.45) is -1.25. The number of benzene rings is 1. The van der Waals surface area contributed by atoms with Crippen molar-refractivity contribution >= 4 is 43.5 Å². The molecule has 1 atom stereocenters. The molecule has 0 aromatic heterocycles. The van der Waals surface area contributed by atoms with Crippen LogP contribution in [0, 0.1) is 0 Å². The van der Waals surface area contributed by atoms with E-state index < -0.39 is 35.2 Å². The highest BCUT2D eigenvalue weighted by molar-refractivity contribution is 9.10. The molecule has 0 fully saturated rings. The molecular formula is C10H11BrClNO6S. The highest BCUT2D eigenvalue weighted by atomic mass is 79.9. The van der Waals surface area contributed by atoms with Gasteiger partial charge in [-0.1, -0.05) is 11.6 Å². The van der Waals surface area contributed by atoms with Crippen LogP contribution < -0.4 is 4.72 Å². The topological polar surface area (TPSA) is 124 Å². The van der Waals surface area contributed by atoms with Crippen LogP contribution in [0.4, 0.5) is 0 Å². The zero-order valence-corrected chi connectivity index (χ0v) is 13.0. The number of hydrogen-bond acceptors (Lipinski definition) is 5. The third kappa shape index (κ3) is 4.14. The number of aliphatic hydroxyl groups is 2. The van der Waals surface area contributed by atoms with Gasteiger partial charge in [-0.3, -0.25) is 0 Å². The van der Waals surface area contributed by atoms with E-state index in [1.165, 1.54) is 0 Å². The number of sulfonamides is 1. The molecule has 0 amide bonds. The van der Waals surface area contributed by atoms with Crippen LogP contribution in [0.1, 0.15) is 10.4 Å². The Morgan fingerprint density at radius 3 is 2.55 bits per heavy atom. The van der Waals surface area contributed by atoms with Crippen LogP contribution in [-0.4, -0.2) is 49.0 Å². The molecule has 1 rings (SSSR count). The quantitative estimate of drug-likeness (QED) is 0.560. The Kier molecular flexibility index (Phi) is 5.92. The van der Waals surface area contributed by atoms with Gasteiger partial charge in [0.05, 0.1) is 28.2 Å². The van der Waals surface area contributed by atoms with Crippen LogP contribution in [0.25, 0.3) is 0 Å². The van der Waals surface area contributed by atoms with Gasteiger partial charge in [-0.25, -0.2) is 17.9 Å². The predicted octanol–water partition coefficient (Wildman–Crippen LogP) is 0.432. The van der Waals surface area contributed by atoms with Gasteiger partial charge in [-0.05, 0) is 28.1 Å². The Hall–Kier alpha value is -0.710. The second kappa shape index (κ2) is 6.83. The van der Waals surface area contributed by atoms with Gasteiger partial charge in [0.2, 0.25) is 10.0 Å². The van der Waals surface area contributed by atoms with Crippen LogP contribution in [0.15, 0.2) is 21.5 Å². The molecule has 0 radical (unpaired) electrons. The maximum absolute atomic E-state index is 11.9. The van der Waals surface area contributed by atoms with E-state index in [4.69, 9.17) is 26.9 Å². The van der Waals surface area contributed by atoms with Gasteiger partial charge in [-0.15, -0.1) is 0 Å². The molecule has 20 heavy (non-hydrogen) atoms. The lowest BCUT2D eigenvalue weighted by Crippen LogP contribution is -2.34. The van der Waals surface area contributed by atoms with Gasteiger partial charge in [0.1, 0.15) is 0 Å². The molecule has 0 saturated heterocycles. The van der Waals surface area contributed by atoms with Gasteiger partial charge in [0.25, 0.3) is 0 Å². The first-order valence-corrected chi connectivity index (χ1v) is 7.85. The fraction of sp³-hybridized carbons (Fsp3) is 0.300. The minimum absolute atomic E-state index is 0.113. The summed E-state index contributed by atoms with van der Waals surface area (Å²) < 4.78 is 26.0. The van der Waals surface area contributed by atoms with Gasteiger partial charge in [0.15, 0.2) is 0 Å². The largest absolute Gasteiger partial charge is 0.478 e. The molecule has 0 saturated carbocycles. The SMILES string of the molecule is O=C(O)c1cc(S(=O)(=O)NCC(O)CO)cc(Br)c1Cl. The zero-order chi connectivity index (χ0) is 15.5. The number of carbonyl (C=O) groups is 1. The molecule has 1 aromatic carbocycles. The Morgan fingerprint density at radius 2 is 2.05 bits per heavy atom. The molecule has 0 bridgehead atoms. The first kappa shape index (κ1) is 17.3. The Labute approximate surface area is 128 Å². The number of carboxylic acid groups (broad SMARTS) is 1. The lowest BCUT2D eigenvalue weighted by Gasteiger charge is -2.11.